The first-order chi connectivity index (χ1) is 8.20. The third-order valence-electron chi connectivity index (χ3n) is 3.47. The summed E-state index contributed by atoms with van der Waals surface area (Å²) < 4.78 is 5.53. The molecule has 0 saturated carbocycles. The average molecular weight is 234 g/mol. The van der Waals surface area contributed by atoms with Crippen molar-refractivity contribution in [3.8, 4) is 5.75 Å². The molecule has 3 nitrogen and oxygen atoms in total. The van der Waals surface area contributed by atoms with E-state index in [9.17, 15) is 0 Å². The number of nitrogens with two attached hydrogens (primary N) is 1. The Bertz CT molecular complexity index is 367. The Morgan fingerprint density at radius 3 is 3.00 bits per heavy atom. The van der Waals surface area contributed by atoms with E-state index in [2.05, 4.69) is 30.0 Å². The highest BCUT2D eigenvalue weighted by Gasteiger charge is 2.23. The molecule has 2 N–H and O–H groups in total. The number of nitrogens with zero attached hydrogens (tertiary/aromatic N) is 1. The topological polar surface area (TPSA) is 38.5 Å². The van der Waals surface area contributed by atoms with Crippen LogP contribution in [0.2, 0.25) is 0 Å². The quantitative estimate of drug-likeness (QED) is 0.872. The van der Waals surface area contributed by atoms with Crippen LogP contribution >= 0.6 is 0 Å². The van der Waals surface area contributed by atoms with Gasteiger partial charge in [0.25, 0.3) is 0 Å². The zero-order valence-corrected chi connectivity index (χ0v) is 10.7. The van der Waals surface area contributed by atoms with Crippen LogP contribution in [0.15, 0.2) is 24.3 Å². The SMILES string of the molecule is CCOc1cccc(N2CCC(N)C(C)C2)c1. The highest BCUT2D eigenvalue weighted by molar-refractivity contribution is 5.51. The molecule has 0 spiro atoms. The molecule has 0 amide bonds. The summed E-state index contributed by atoms with van der Waals surface area (Å²) in [4.78, 5) is 2.40. The fourth-order valence-corrected chi connectivity index (χ4v) is 2.33. The van der Waals surface area contributed by atoms with Crippen molar-refractivity contribution in [1.82, 2.24) is 0 Å². The van der Waals surface area contributed by atoms with Gasteiger partial charge in [0, 0.05) is 30.9 Å². The first-order valence-electron chi connectivity index (χ1n) is 6.44. The van der Waals surface area contributed by atoms with Gasteiger partial charge in [-0.1, -0.05) is 13.0 Å². The van der Waals surface area contributed by atoms with E-state index in [4.69, 9.17) is 10.5 Å². The first-order valence-corrected chi connectivity index (χ1v) is 6.44. The molecule has 1 heterocycles. The van der Waals surface area contributed by atoms with Crippen LogP contribution in [0, 0.1) is 5.92 Å². The Balaban J connectivity index is 2.09. The lowest BCUT2D eigenvalue weighted by Crippen LogP contribution is -2.45. The number of anilines is 1. The van der Waals surface area contributed by atoms with E-state index in [1.54, 1.807) is 0 Å². The lowest BCUT2D eigenvalue weighted by Gasteiger charge is -2.36. The molecule has 17 heavy (non-hydrogen) atoms. The Morgan fingerprint density at radius 1 is 1.47 bits per heavy atom. The third-order valence-corrected chi connectivity index (χ3v) is 3.47. The van der Waals surface area contributed by atoms with Crippen molar-refractivity contribution < 1.29 is 4.74 Å². The Kier molecular flexibility index (Phi) is 3.89. The largest absolute Gasteiger partial charge is 0.494 e. The van der Waals surface area contributed by atoms with Crippen LogP contribution in [0.25, 0.3) is 0 Å². The second-order valence-corrected chi connectivity index (χ2v) is 4.81. The van der Waals surface area contributed by atoms with Crippen molar-refractivity contribution in [2.24, 2.45) is 11.7 Å². The Hall–Kier alpha value is -1.22. The minimum Gasteiger partial charge on any atom is -0.494 e. The smallest absolute Gasteiger partial charge is 0.121 e. The molecule has 1 fully saturated rings. The average Bonchev–Trinajstić information content (AvgIpc) is 2.33. The second kappa shape index (κ2) is 5.41. The maximum atomic E-state index is 6.04. The highest BCUT2D eigenvalue weighted by Crippen LogP contribution is 2.25. The number of hydrogen-bond acceptors (Lipinski definition) is 3. The summed E-state index contributed by atoms with van der Waals surface area (Å²) in [5.74, 6) is 1.51. The molecular formula is C14H22N2O. The number of hydrogen-bond donors (Lipinski definition) is 1. The number of piperidine rings is 1. The van der Waals surface area contributed by atoms with E-state index >= 15 is 0 Å². The van der Waals surface area contributed by atoms with Crippen molar-refractivity contribution in [2.75, 3.05) is 24.6 Å². The zero-order valence-electron chi connectivity index (χ0n) is 10.7. The summed E-state index contributed by atoms with van der Waals surface area (Å²) in [6, 6.07) is 8.67. The summed E-state index contributed by atoms with van der Waals surface area (Å²) in [6.07, 6.45) is 1.07. The van der Waals surface area contributed by atoms with Gasteiger partial charge in [0.15, 0.2) is 0 Å². The minimum absolute atomic E-state index is 0.348. The molecular weight excluding hydrogens is 212 g/mol. The van der Waals surface area contributed by atoms with Gasteiger partial charge in [-0.3, -0.25) is 0 Å². The van der Waals surface area contributed by atoms with Crippen LogP contribution in [0.1, 0.15) is 20.3 Å². The molecule has 1 aromatic rings. The maximum Gasteiger partial charge on any atom is 0.121 e. The molecule has 0 aromatic heterocycles. The third kappa shape index (κ3) is 2.91. The molecule has 1 aromatic carbocycles. The van der Waals surface area contributed by atoms with Gasteiger partial charge in [-0.2, -0.15) is 0 Å². The molecule has 2 unspecified atom stereocenters. The van der Waals surface area contributed by atoms with Crippen LogP contribution in [0.5, 0.6) is 5.75 Å². The first kappa shape index (κ1) is 12.2. The van der Waals surface area contributed by atoms with Gasteiger partial charge in [0.1, 0.15) is 5.75 Å². The van der Waals surface area contributed by atoms with Crippen LogP contribution in [-0.4, -0.2) is 25.7 Å². The molecule has 2 rings (SSSR count). The van der Waals surface area contributed by atoms with Crippen molar-refractivity contribution >= 4 is 5.69 Å². The van der Waals surface area contributed by atoms with Crippen LogP contribution in [0.4, 0.5) is 5.69 Å². The monoisotopic (exact) mass is 234 g/mol. The summed E-state index contributed by atoms with van der Waals surface area (Å²) in [6.45, 7) is 7.03. The molecule has 1 aliphatic rings. The van der Waals surface area contributed by atoms with Crippen molar-refractivity contribution in [1.29, 1.82) is 0 Å². The normalized spacial score (nSPS) is 24.8. The summed E-state index contributed by atoms with van der Waals surface area (Å²) in [7, 11) is 0. The van der Waals surface area contributed by atoms with E-state index in [-0.39, 0.29) is 0 Å². The van der Waals surface area contributed by atoms with Gasteiger partial charge in [-0.25, -0.2) is 0 Å². The Morgan fingerprint density at radius 2 is 2.29 bits per heavy atom. The Labute approximate surface area is 104 Å². The van der Waals surface area contributed by atoms with Crippen LogP contribution in [0.3, 0.4) is 0 Å². The number of rotatable bonds is 3. The van der Waals surface area contributed by atoms with Crippen LogP contribution in [-0.2, 0) is 0 Å². The molecule has 1 aliphatic heterocycles. The standard InChI is InChI=1S/C14H22N2O/c1-3-17-13-6-4-5-12(9-13)16-8-7-14(15)11(2)10-16/h4-6,9,11,14H,3,7-8,10,15H2,1-2H3. The number of benzene rings is 1. The van der Waals surface area contributed by atoms with Gasteiger partial charge in [0.05, 0.1) is 6.61 Å². The summed E-state index contributed by atoms with van der Waals surface area (Å²) in [5.41, 5.74) is 7.29. The molecule has 94 valence electrons. The fourth-order valence-electron chi connectivity index (χ4n) is 2.33. The van der Waals surface area contributed by atoms with E-state index in [0.29, 0.717) is 18.6 Å². The lowest BCUT2D eigenvalue weighted by atomic mass is 9.94. The van der Waals surface area contributed by atoms with Gasteiger partial charge in [-0.15, -0.1) is 0 Å². The molecule has 0 bridgehead atoms. The van der Waals surface area contributed by atoms with Gasteiger partial charge in [0.2, 0.25) is 0 Å². The van der Waals surface area contributed by atoms with E-state index in [0.717, 1.165) is 25.3 Å². The van der Waals surface area contributed by atoms with E-state index in [1.807, 2.05) is 13.0 Å². The predicted molar refractivity (Wildman–Crippen MR) is 71.6 cm³/mol. The van der Waals surface area contributed by atoms with Gasteiger partial charge < -0.3 is 15.4 Å². The lowest BCUT2D eigenvalue weighted by molar-refractivity contribution is 0.339. The van der Waals surface area contributed by atoms with Crippen molar-refractivity contribution in [2.45, 2.75) is 26.3 Å². The fraction of sp³-hybridized carbons (Fsp3) is 0.571. The molecule has 0 aliphatic carbocycles. The minimum atomic E-state index is 0.348. The van der Waals surface area contributed by atoms with Crippen molar-refractivity contribution in [3.05, 3.63) is 24.3 Å². The van der Waals surface area contributed by atoms with Crippen molar-refractivity contribution in [3.63, 3.8) is 0 Å². The number of ether oxygens (including phenoxy) is 1. The zero-order chi connectivity index (χ0) is 12.3. The van der Waals surface area contributed by atoms with Gasteiger partial charge in [-0.05, 0) is 31.4 Å². The highest BCUT2D eigenvalue weighted by atomic mass is 16.5. The van der Waals surface area contributed by atoms with Crippen LogP contribution < -0.4 is 15.4 Å². The molecule has 2 atom stereocenters. The predicted octanol–water partition coefficient (Wildman–Crippen LogP) is 2.26. The molecule has 3 heteroatoms. The van der Waals surface area contributed by atoms with Gasteiger partial charge >= 0.3 is 0 Å². The maximum absolute atomic E-state index is 6.04. The summed E-state index contributed by atoms with van der Waals surface area (Å²) in [5, 5.41) is 0. The molecule has 0 radical (unpaired) electrons. The van der Waals surface area contributed by atoms with E-state index in [1.165, 1.54) is 5.69 Å². The molecule has 1 saturated heterocycles. The van der Waals surface area contributed by atoms with E-state index < -0.39 is 0 Å². The summed E-state index contributed by atoms with van der Waals surface area (Å²) >= 11 is 0. The second-order valence-electron chi connectivity index (χ2n) is 4.81.